The second-order valence-corrected chi connectivity index (χ2v) is 7.16. The molecule has 1 aliphatic heterocycles. The lowest BCUT2D eigenvalue weighted by molar-refractivity contribution is -0.122. The van der Waals surface area contributed by atoms with Gasteiger partial charge in [0.2, 0.25) is 0 Å². The van der Waals surface area contributed by atoms with Gasteiger partial charge in [0.05, 0.1) is 18.4 Å². The molecule has 4 rings (SSSR count). The van der Waals surface area contributed by atoms with Gasteiger partial charge in [0.25, 0.3) is 11.8 Å². The summed E-state index contributed by atoms with van der Waals surface area (Å²) in [6.07, 6.45) is 3.30. The van der Waals surface area contributed by atoms with Gasteiger partial charge < -0.3 is 9.30 Å². The number of carbonyl (C=O) groups excluding carboxylic acids is 2. The van der Waals surface area contributed by atoms with Crippen LogP contribution in [0.3, 0.4) is 0 Å². The van der Waals surface area contributed by atoms with Crippen LogP contribution < -0.4 is 15.0 Å². The molecule has 3 aromatic rings. The predicted molar refractivity (Wildman–Crippen MR) is 121 cm³/mol. The third-order valence-corrected chi connectivity index (χ3v) is 5.13. The van der Waals surface area contributed by atoms with Crippen molar-refractivity contribution in [1.29, 1.82) is 5.26 Å². The van der Waals surface area contributed by atoms with Crippen LogP contribution in [0.1, 0.15) is 12.5 Å². The van der Waals surface area contributed by atoms with E-state index in [1.165, 1.54) is 11.0 Å². The van der Waals surface area contributed by atoms with E-state index >= 15 is 0 Å². The average molecular weight is 430 g/mol. The smallest absolute Gasteiger partial charge is 0.270 e. The van der Waals surface area contributed by atoms with E-state index in [2.05, 4.69) is 11.4 Å². The molecule has 31 heavy (non-hydrogen) atoms. The number of nitrogens with one attached hydrogen (secondary N) is 1. The van der Waals surface area contributed by atoms with Crippen molar-refractivity contribution >= 4 is 51.8 Å². The maximum Gasteiger partial charge on any atom is 0.270 e. The highest BCUT2D eigenvalue weighted by Crippen LogP contribution is 2.28. The highest BCUT2D eigenvalue weighted by Gasteiger charge is 2.34. The van der Waals surface area contributed by atoms with Crippen LogP contribution in [0.4, 0.5) is 5.69 Å². The van der Waals surface area contributed by atoms with Crippen molar-refractivity contribution in [1.82, 2.24) is 9.88 Å². The number of rotatable bonds is 5. The van der Waals surface area contributed by atoms with Crippen LogP contribution in [-0.4, -0.2) is 28.1 Å². The van der Waals surface area contributed by atoms with Crippen LogP contribution in [-0.2, 0) is 16.1 Å². The number of benzene rings is 2. The van der Waals surface area contributed by atoms with Gasteiger partial charge in [-0.05, 0) is 43.4 Å². The normalized spacial score (nSPS) is 15.3. The second-order valence-electron chi connectivity index (χ2n) is 6.78. The molecular weight excluding hydrogens is 412 g/mol. The quantitative estimate of drug-likeness (QED) is 0.381. The van der Waals surface area contributed by atoms with Crippen molar-refractivity contribution in [3.05, 3.63) is 65.9 Å². The summed E-state index contributed by atoms with van der Waals surface area (Å²) in [5.41, 5.74) is 1.96. The fourth-order valence-electron chi connectivity index (χ4n) is 3.52. The Hall–Kier alpha value is -3.96. The standard InChI is InChI=1S/C23H18N4O3S/c1-2-30-17-7-5-6-16(13-17)27-22(29)19(21(28)25-23(27)31)12-15-14-26(11-10-24)20-9-4-3-8-18(15)20/h3-9,12-14H,2,11H2,1H3,(H,25,28,31)/b19-12+. The first-order valence-corrected chi connectivity index (χ1v) is 10.0. The van der Waals surface area contributed by atoms with Crippen LogP contribution in [0.5, 0.6) is 5.75 Å². The molecule has 1 fully saturated rings. The molecule has 0 saturated carbocycles. The Balaban J connectivity index is 1.78. The fourth-order valence-corrected chi connectivity index (χ4v) is 3.80. The Morgan fingerprint density at radius 3 is 2.77 bits per heavy atom. The highest BCUT2D eigenvalue weighted by molar-refractivity contribution is 7.80. The first kappa shape index (κ1) is 20.3. The number of nitriles is 1. The molecule has 2 aromatic carbocycles. The van der Waals surface area contributed by atoms with Gasteiger partial charge in [-0.1, -0.05) is 24.3 Å². The fraction of sp³-hybridized carbons (Fsp3) is 0.130. The molecule has 1 aliphatic rings. The molecule has 0 bridgehead atoms. The molecule has 0 radical (unpaired) electrons. The number of nitrogens with zero attached hydrogens (tertiary/aromatic N) is 3. The largest absolute Gasteiger partial charge is 0.494 e. The molecule has 2 heterocycles. The van der Waals surface area contributed by atoms with Gasteiger partial charge >= 0.3 is 0 Å². The second kappa shape index (κ2) is 8.42. The maximum atomic E-state index is 13.3. The number of amides is 2. The number of hydrogen-bond donors (Lipinski definition) is 1. The SMILES string of the molecule is CCOc1cccc(N2C(=O)/C(=C/c3cn(CC#N)c4ccccc34)C(=O)NC2=S)c1. The van der Waals surface area contributed by atoms with Crippen LogP contribution >= 0.6 is 12.2 Å². The van der Waals surface area contributed by atoms with E-state index in [9.17, 15) is 9.59 Å². The molecule has 1 saturated heterocycles. The monoisotopic (exact) mass is 430 g/mol. The summed E-state index contributed by atoms with van der Waals surface area (Å²) in [4.78, 5) is 27.2. The lowest BCUT2D eigenvalue weighted by atomic mass is 10.1. The molecule has 1 aromatic heterocycles. The third-order valence-electron chi connectivity index (χ3n) is 4.85. The van der Waals surface area contributed by atoms with E-state index in [-0.39, 0.29) is 17.2 Å². The van der Waals surface area contributed by atoms with Gasteiger partial charge in [0, 0.05) is 28.7 Å². The highest BCUT2D eigenvalue weighted by atomic mass is 32.1. The molecule has 0 unspecified atom stereocenters. The number of hydrogen-bond acceptors (Lipinski definition) is 5. The molecular formula is C23H18N4O3S. The minimum absolute atomic E-state index is 0.00714. The predicted octanol–water partition coefficient (Wildman–Crippen LogP) is 3.39. The summed E-state index contributed by atoms with van der Waals surface area (Å²) in [6.45, 7) is 2.51. The van der Waals surface area contributed by atoms with Crippen molar-refractivity contribution in [2.24, 2.45) is 0 Å². The van der Waals surface area contributed by atoms with E-state index in [0.717, 1.165) is 10.9 Å². The lowest BCUT2D eigenvalue weighted by Crippen LogP contribution is -2.54. The van der Waals surface area contributed by atoms with Gasteiger partial charge in [-0.2, -0.15) is 5.26 Å². The van der Waals surface area contributed by atoms with Crippen molar-refractivity contribution in [2.75, 3.05) is 11.5 Å². The molecule has 154 valence electrons. The van der Waals surface area contributed by atoms with Gasteiger partial charge in [-0.3, -0.25) is 19.8 Å². The summed E-state index contributed by atoms with van der Waals surface area (Å²) in [5.74, 6) is -0.499. The number of thiocarbonyl (C=S) groups is 1. The van der Waals surface area contributed by atoms with Crippen molar-refractivity contribution in [2.45, 2.75) is 13.5 Å². The number of para-hydroxylation sites is 1. The number of fused-ring (bicyclic) bond motifs is 1. The minimum Gasteiger partial charge on any atom is -0.494 e. The Bertz CT molecular complexity index is 1290. The van der Waals surface area contributed by atoms with Crippen LogP contribution in [0, 0.1) is 11.3 Å². The summed E-state index contributed by atoms with van der Waals surface area (Å²) in [5, 5.41) is 12.5. The zero-order valence-electron chi connectivity index (χ0n) is 16.7. The van der Waals surface area contributed by atoms with E-state index < -0.39 is 11.8 Å². The summed E-state index contributed by atoms with van der Waals surface area (Å²) in [7, 11) is 0. The average Bonchev–Trinajstić information content (AvgIpc) is 3.09. The van der Waals surface area contributed by atoms with E-state index in [0.29, 0.717) is 23.6 Å². The topological polar surface area (TPSA) is 87.4 Å². The third kappa shape index (κ3) is 3.79. The number of carbonyl (C=O) groups is 2. The molecule has 0 atom stereocenters. The molecule has 1 N–H and O–H groups in total. The van der Waals surface area contributed by atoms with Crippen LogP contribution in [0.15, 0.2) is 60.3 Å². The molecule has 2 amide bonds. The molecule has 0 aliphatic carbocycles. The van der Waals surface area contributed by atoms with E-state index in [1.807, 2.05) is 31.2 Å². The number of anilines is 1. The van der Waals surface area contributed by atoms with Gasteiger partial charge in [0.15, 0.2) is 5.11 Å². The van der Waals surface area contributed by atoms with Crippen LogP contribution in [0.25, 0.3) is 17.0 Å². The Kier molecular flexibility index (Phi) is 5.52. The first-order chi connectivity index (χ1) is 15.0. The number of ether oxygens (including phenoxy) is 1. The molecule has 8 heteroatoms. The van der Waals surface area contributed by atoms with E-state index in [1.54, 1.807) is 35.0 Å². The summed E-state index contributed by atoms with van der Waals surface area (Å²) < 4.78 is 7.29. The Morgan fingerprint density at radius 1 is 1.19 bits per heavy atom. The molecule has 7 nitrogen and oxygen atoms in total. The zero-order chi connectivity index (χ0) is 22.0. The van der Waals surface area contributed by atoms with Gasteiger partial charge in [-0.25, -0.2) is 0 Å². The van der Waals surface area contributed by atoms with Crippen molar-refractivity contribution < 1.29 is 14.3 Å². The van der Waals surface area contributed by atoms with Crippen LogP contribution in [0.2, 0.25) is 0 Å². The lowest BCUT2D eigenvalue weighted by Gasteiger charge is -2.29. The molecule has 0 spiro atoms. The Morgan fingerprint density at radius 2 is 2.00 bits per heavy atom. The zero-order valence-corrected chi connectivity index (χ0v) is 17.5. The summed E-state index contributed by atoms with van der Waals surface area (Å²) in [6, 6.07) is 16.6. The summed E-state index contributed by atoms with van der Waals surface area (Å²) >= 11 is 5.27. The van der Waals surface area contributed by atoms with Gasteiger partial charge in [-0.15, -0.1) is 0 Å². The number of aromatic nitrogens is 1. The van der Waals surface area contributed by atoms with Crippen molar-refractivity contribution in [3.63, 3.8) is 0 Å². The van der Waals surface area contributed by atoms with Gasteiger partial charge in [0.1, 0.15) is 17.9 Å². The minimum atomic E-state index is -0.565. The van der Waals surface area contributed by atoms with Crippen molar-refractivity contribution in [3.8, 4) is 11.8 Å². The maximum absolute atomic E-state index is 13.3. The first-order valence-electron chi connectivity index (χ1n) is 9.62. The van der Waals surface area contributed by atoms with E-state index in [4.69, 9.17) is 22.2 Å². The Labute approximate surface area is 184 Å².